The van der Waals surface area contributed by atoms with Gasteiger partial charge in [-0.1, -0.05) is 5.16 Å². The van der Waals surface area contributed by atoms with Crippen molar-refractivity contribution in [3.63, 3.8) is 0 Å². The molecule has 0 bridgehead atoms. The summed E-state index contributed by atoms with van der Waals surface area (Å²) in [6, 6.07) is 12.2. The van der Waals surface area contributed by atoms with Crippen LogP contribution in [0.4, 0.5) is 4.39 Å². The number of carbonyl (C=O) groups is 1. The van der Waals surface area contributed by atoms with E-state index in [1.807, 2.05) is 0 Å². The van der Waals surface area contributed by atoms with E-state index in [2.05, 4.69) is 15.5 Å². The molecule has 0 saturated carbocycles. The van der Waals surface area contributed by atoms with Gasteiger partial charge in [0, 0.05) is 5.56 Å². The van der Waals surface area contributed by atoms with Crippen molar-refractivity contribution < 1.29 is 23.2 Å². The molecule has 2 unspecified atom stereocenters. The van der Waals surface area contributed by atoms with Gasteiger partial charge in [0.05, 0.1) is 7.11 Å². The van der Waals surface area contributed by atoms with Gasteiger partial charge >= 0.3 is 0 Å². The van der Waals surface area contributed by atoms with Gasteiger partial charge in [-0.2, -0.15) is 4.98 Å². The first-order valence-corrected chi connectivity index (χ1v) is 8.67. The topological polar surface area (TPSA) is 86.5 Å². The van der Waals surface area contributed by atoms with Gasteiger partial charge in [0.25, 0.3) is 5.91 Å². The van der Waals surface area contributed by atoms with E-state index >= 15 is 0 Å². The van der Waals surface area contributed by atoms with Crippen LogP contribution in [-0.4, -0.2) is 29.3 Å². The molecule has 0 aliphatic heterocycles. The molecule has 3 aromatic rings. The molecule has 0 aliphatic rings. The fourth-order valence-corrected chi connectivity index (χ4v) is 2.43. The average molecular weight is 385 g/mol. The summed E-state index contributed by atoms with van der Waals surface area (Å²) in [5, 5.41) is 6.64. The van der Waals surface area contributed by atoms with Gasteiger partial charge in [-0.25, -0.2) is 4.39 Å². The molecular formula is C20H20FN3O4. The van der Waals surface area contributed by atoms with Crippen LogP contribution in [0.25, 0.3) is 11.4 Å². The molecule has 2 atom stereocenters. The van der Waals surface area contributed by atoms with Crippen LogP contribution in [-0.2, 0) is 4.79 Å². The van der Waals surface area contributed by atoms with Crippen molar-refractivity contribution in [3.8, 4) is 22.9 Å². The average Bonchev–Trinajstić information content (AvgIpc) is 3.19. The van der Waals surface area contributed by atoms with E-state index in [9.17, 15) is 9.18 Å². The standard InChI is InChI=1S/C20H20FN3O4/c1-12(20-23-18(24-28-20)14-4-6-15(21)7-5-14)22-19(25)13(2)27-17-10-8-16(26-3)9-11-17/h4-13H,1-3H3,(H,22,25). The van der Waals surface area contributed by atoms with E-state index in [1.165, 1.54) is 12.1 Å². The van der Waals surface area contributed by atoms with E-state index in [4.69, 9.17) is 14.0 Å². The molecule has 3 rings (SSSR count). The fourth-order valence-electron chi connectivity index (χ4n) is 2.43. The maximum absolute atomic E-state index is 13.0. The zero-order valence-corrected chi connectivity index (χ0v) is 15.7. The molecule has 0 spiro atoms. The molecule has 0 saturated heterocycles. The molecule has 0 aliphatic carbocycles. The number of methoxy groups -OCH3 is 1. The van der Waals surface area contributed by atoms with Crippen molar-refractivity contribution >= 4 is 5.91 Å². The highest BCUT2D eigenvalue weighted by Gasteiger charge is 2.21. The molecule has 1 aromatic heterocycles. The first-order valence-electron chi connectivity index (χ1n) is 8.67. The summed E-state index contributed by atoms with van der Waals surface area (Å²) in [7, 11) is 1.58. The Hall–Kier alpha value is -3.42. The fraction of sp³-hybridized carbons (Fsp3) is 0.250. The zero-order chi connectivity index (χ0) is 20.1. The lowest BCUT2D eigenvalue weighted by molar-refractivity contribution is -0.128. The summed E-state index contributed by atoms with van der Waals surface area (Å²) in [6.07, 6.45) is -0.727. The Kier molecular flexibility index (Phi) is 5.88. The molecule has 28 heavy (non-hydrogen) atoms. The van der Waals surface area contributed by atoms with E-state index < -0.39 is 12.1 Å². The second kappa shape index (κ2) is 8.51. The van der Waals surface area contributed by atoms with Crippen molar-refractivity contribution in [2.75, 3.05) is 7.11 Å². The van der Waals surface area contributed by atoms with Gasteiger partial charge in [-0.05, 0) is 62.4 Å². The molecule has 0 fully saturated rings. The van der Waals surface area contributed by atoms with E-state index in [1.54, 1.807) is 57.4 Å². The van der Waals surface area contributed by atoms with Crippen molar-refractivity contribution in [1.29, 1.82) is 0 Å². The second-order valence-corrected chi connectivity index (χ2v) is 6.13. The number of hydrogen-bond donors (Lipinski definition) is 1. The third kappa shape index (κ3) is 4.64. The monoisotopic (exact) mass is 385 g/mol. The third-order valence-corrected chi connectivity index (χ3v) is 4.01. The number of rotatable bonds is 7. The van der Waals surface area contributed by atoms with Crippen LogP contribution in [0.2, 0.25) is 0 Å². The number of benzene rings is 2. The number of halogens is 1. The number of hydrogen-bond acceptors (Lipinski definition) is 6. The van der Waals surface area contributed by atoms with Gasteiger partial charge in [0.2, 0.25) is 11.7 Å². The van der Waals surface area contributed by atoms with Gasteiger partial charge in [-0.3, -0.25) is 4.79 Å². The molecule has 1 amide bonds. The zero-order valence-electron chi connectivity index (χ0n) is 15.7. The lowest BCUT2D eigenvalue weighted by atomic mass is 10.2. The highest BCUT2D eigenvalue weighted by Crippen LogP contribution is 2.20. The lowest BCUT2D eigenvalue weighted by Gasteiger charge is -2.17. The minimum absolute atomic E-state index is 0.240. The van der Waals surface area contributed by atoms with Crippen molar-refractivity contribution in [3.05, 3.63) is 60.2 Å². The summed E-state index contributed by atoms with van der Waals surface area (Å²) >= 11 is 0. The van der Waals surface area contributed by atoms with E-state index in [0.29, 0.717) is 22.9 Å². The first-order chi connectivity index (χ1) is 13.5. The highest BCUT2D eigenvalue weighted by atomic mass is 19.1. The Morgan fingerprint density at radius 2 is 1.71 bits per heavy atom. The van der Waals surface area contributed by atoms with Gasteiger partial charge in [-0.15, -0.1) is 0 Å². The summed E-state index contributed by atoms with van der Waals surface area (Å²) in [5.74, 6) is 1.13. The number of amides is 1. The third-order valence-electron chi connectivity index (χ3n) is 4.01. The maximum Gasteiger partial charge on any atom is 0.261 e. The quantitative estimate of drug-likeness (QED) is 0.670. The number of aromatic nitrogens is 2. The van der Waals surface area contributed by atoms with Crippen molar-refractivity contribution in [1.82, 2.24) is 15.5 Å². The van der Waals surface area contributed by atoms with Gasteiger partial charge in [0.15, 0.2) is 6.10 Å². The SMILES string of the molecule is COc1ccc(OC(C)C(=O)NC(C)c2nc(-c3ccc(F)cc3)no2)cc1. The Morgan fingerprint density at radius 3 is 2.36 bits per heavy atom. The van der Waals surface area contributed by atoms with Gasteiger partial charge in [0.1, 0.15) is 23.4 Å². The van der Waals surface area contributed by atoms with Crippen LogP contribution in [0.1, 0.15) is 25.8 Å². The van der Waals surface area contributed by atoms with Crippen LogP contribution < -0.4 is 14.8 Å². The van der Waals surface area contributed by atoms with Crippen LogP contribution in [0.15, 0.2) is 53.1 Å². The second-order valence-electron chi connectivity index (χ2n) is 6.13. The van der Waals surface area contributed by atoms with Crippen molar-refractivity contribution in [2.24, 2.45) is 0 Å². The molecule has 7 nitrogen and oxygen atoms in total. The smallest absolute Gasteiger partial charge is 0.261 e. The first kappa shape index (κ1) is 19.3. The molecule has 1 N–H and O–H groups in total. The lowest BCUT2D eigenvalue weighted by Crippen LogP contribution is -2.37. The number of ether oxygens (including phenoxy) is 2. The molecule has 2 aromatic carbocycles. The predicted octanol–water partition coefficient (Wildman–Crippen LogP) is 3.53. The Morgan fingerprint density at radius 1 is 1.07 bits per heavy atom. The van der Waals surface area contributed by atoms with Crippen LogP contribution >= 0.6 is 0 Å². The summed E-state index contributed by atoms with van der Waals surface area (Å²) in [6.45, 7) is 3.37. The predicted molar refractivity (Wildman–Crippen MR) is 99.3 cm³/mol. The largest absolute Gasteiger partial charge is 0.497 e. The van der Waals surface area contributed by atoms with Crippen molar-refractivity contribution in [2.45, 2.75) is 26.0 Å². The van der Waals surface area contributed by atoms with Crippen LogP contribution in [0, 0.1) is 5.82 Å². The summed E-state index contributed by atoms with van der Waals surface area (Å²) in [4.78, 5) is 16.6. The van der Waals surface area contributed by atoms with E-state index in [-0.39, 0.29) is 17.6 Å². The molecule has 1 heterocycles. The summed E-state index contributed by atoms with van der Waals surface area (Å²) < 4.78 is 28.9. The Bertz CT molecular complexity index is 925. The molecule has 146 valence electrons. The highest BCUT2D eigenvalue weighted by molar-refractivity contribution is 5.81. The maximum atomic E-state index is 13.0. The minimum atomic E-state index is -0.727. The molecular weight excluding hydrogens is 365 g/mol. The van der Waals surface area contributed by atoms with E-state index in [0.717, 1.165) is 0 Å². The number of nitrogens with zero attached hydrogens (tertiary/aromatic N) is 2. The number of carbonyl (C=O) groups excluding carboxylic acids is 1. The van der Waals surface area contributed by atoms with Crippen LogP contribution in [0.5, 0.6) is 11.5 Å². The Balaban J connectivity index is 1.59. The minimum Gasteiger partial charge on any atom is -0.497 e. The normalized spacial score (nSPS) is 12.9. The molecule has 8 heteroatoms. The number of nitrogens with one attached hydrogen (secondary N) is 1. The van der Waals surface area contributed by atoms with Crippen LogP contribution in [0.3, 0.4) is 0 Å². The van der Waals surface area contributed by atoms with Gasteiger partial charge < -0.3 is 19.3 Å². The summed E-state index contributed by atoms with van der Waals surface area (Å²) in [5.41, 5.74) is 0.617. The Labute approximate surface area is 161 Å². The molecule has 0 radical (unpaired) electrons.